The number of hydrogen-bond acceptors (Lipinski definition) is 16. The summed E-state index contributed by atoms with van der Waals surface area (Å²) in [6.07, 6.45) is 5.85. The van der Waals surface area contributed by atoms with E-state index in [0.29, 0.717) is 60.0 Å². The van der Waals surface area contributed by atoms with Crippen LogP contribution in [0.5, 0.6) is 0 Å². The van der Waals surface area contributed by atoms with Gasteiger partial charge in [0.25, 0.3) is 43.2 Å². The summed E-state index contributed by atoms with van der Waals surface area (Å²) in [5, 5.41) is 33.8. The molecule has 0 atom stereocenters. The smallest absolute Gasteiger partial charge is 0.269 e. The van der Waals surface area contributed by atoms with Crippen LogP contribution in [0.2, 0.25) is 0 Å². The maximum Gasteiger partial charge on any atom is 0.269 e. The van der Waals surface area contributed by atoms with Crippen LogP contribution in [0.15, 0.2) is 135 Å². The van der Waals surface area contributed by atoms with E-state index >= 15 is 0 Å². The Labute approximate surface area is 443 Å². The Balaban J connectivity index is 0.000000219. The van der Waals surface area contributed by atoms with Gasteiger partial charge < -0.3 is 21.3 Å². The number of anilines is 2. The normalized spacial score (nSPS) is 15.0. The molecule has 0 aliphatic carbocycles. The van der Waals surface area contributed by atoms with Gasteiger partial charge in [0.05, 0.1) is 27.8 Å². The number of nitrogens with zero attached hydrogens (tertiary/aromatic N) is 4. The summed E-state index contributed by atoms with van der Waals surface area (Å²) in [7, 11) is -10.6. The van der Waals surface area contributed by atoms with Gasteiger partial charge in [0.15, 0.2) is 9.84 Å². The lowest BCUT2D eigenvalue weighted by molar-refractivity contribution is -0.385. The van der Waals surface area contributed by atoms with Gasteiger partial charge in [0.1, 0.15) is 8.42 Å². The lowest BCUT2D eigenvalue weighted by Crippen LogP contribution is -2.42. The summed E-state index contributed by atoms with van der Waals surface area (Å²) in [6.45, 7) is 3.96. The Hall–Kier alpha value is -6.61. The van der Waals surface area contributed by atoms with Gasteiger partial charge in [-0.05, 0) is 117 Å². The summed E-state index contributed by atoms with van der Waals surface area (Å²) in [5.41, 5.74) is 3.40. The number of nitro benzene ring substituents is 2. The Morgan fingerprint density at radius 2 is 1.00 bits per heavy atom. The minimum Gasteiger partial charge on any atom is -0.382 e. The molecule has 2 fully saturated rings. The molecular weight excluding hydrogens is 1060 g/mol. The zero-order valence-corrected chi connectivity index (χ0v) is 45.0. The number of sulfonamides is 2. The fourth-order valence-electron chi connectivity index (χ4n) is 8.32. The maximum absolute atomic E-state index is 13.2. The molecule has 8 rings (SSSR count). The van der Waals surface area contributed by atoms with Gasteiger partial charge in [-0.25, -0.2) is 25.3 Å². The van der Waals surface area contributed by atoms with Gasteiger partial charge in [-0.1, -0.05) is 31.5 Å². The quantitative estimate of drug-likeness (QED) is 0.0441. The number of amides is 2. The van der Waals surface area contributed by atoms with Crippen LogP contribution in [-0.2, 0) is 49.4 Å². The first-order valence-corrected chi connectivity index (χ1v) is 30.2. The number of piperidine rings is 2. The Morgan fingerprint density at radius 3 is 1.40 bits per heavy atom. The molecule has 0 spiro atoms. The van der Waals surface area contributed by atoms with Crippen LogP contribution in [0.4, 0.5) is 22.7 Å². The van der Waals surface area contributed by atoms with E-state index in [2.05, 4.69) is 52.5 Å². The Bertz CT molecular complexity index is 3330. The number of aryl methyl sites for hydroxylation is 1. The molecule has 6 aromatic rings. The molecule has 25 heteroatoms. The lowest BCUT2D eigenvalue weighted by Gasteiger charge is -2.31. The predicted molar refractivity (Wildman–Crippen MR) is 288 cm³/mol. The summed E-state index contributed by atoms with van der Waals surface area (Å²) in [4.78, 5) is 46.7. The fourth-order valence-corrected chi connectivity index (χ4v) is 14.8. The van der Waals surface area contributed by atoms with Crippen LogP contribution in [0, 0.1) is 20.2 Å². The summed E-state index contributed by atoms with van der Waals surface area (Å²) in [6, 6.07) is 32.2. The highest BCUT2D eigenvalue weighted by atomic mass is 32.3. The first-order valence-electron chi connectivity index (χ1n) is 23.8. The van der Waals surface area contributed by atoms with Crippen molar-refractivity contribution in [3.05, 3.63) is 168 Å². The van der Waals surface area contributed by atoms with Gasteiger partial charge in [0, 0.05) is 101 Å². The number of hydrogen-bond donors (Lipinski definition) is 4. The molecule has 2 aliphatic rings. The van der Waals surface area contributed by atoms with E-state index in [1.807, 2.05) is 0 Å². The number of sulfone groups is 1. The highest BCUT2D eigenvalue weighted by molar-refractivity contribution is 7.91. The third kappa shape index (κ3) is 15.0. The molecule has 2 amide bonds. The number of carbonyl (C=O) groups is 2. The molecule has 0 unspecified atom stereocenters. The molecule has 2 saturated heterocycles. The highest BCUT2D eigenvalue weighted by Crippen LogP contribution is 2.30. The Morgan fingerprint density at radius 1 is 0.587 bits per heavy atom. The molecule has 4 heterocycles. The topological polar surface area (TPSA) is 277 Å². The van der Waals surface area contributed by atoms with Gasteiger partial charge in [-0.3, -0.25) is 29.8 Å². The summed E-state index contributed by atoms with van der Waals surface area (Å²) in [5.74, 6) is -0.808. The molecule has 2 aromatic heterocycles. The average molecular weight is 1120 g/mol. The van der Waals surface area contributed by atoms with Gasteiger partial charge in [-0.2, -0.15) is 8.61 Å². The van der Waals surface area contributed by atoms with Crippen LogP contribution in [0.1, 0.15) is 75.1 Å². The maximum atomic E-state index is 13.2. The van der Waals surface area contributed by atoms with Crippen molar-refractivity contribution in [1.29, 1.82) is 0 Å². The van der Waals surface area contributed by atoms with Crippen molar-refractivity contribution in [2.24, 2.45) is 0 Å². The number of carbonyl (C=O) groups excluding carboxylic acids is 2. The minimum absolute atomic E-state index is 0.00444. The van der Waals surface area contributed by atoms with E-state index in [9.17, 15) is 55.1 Å². The number of nitrogens with one attached hydrogen (secondary N) is 4. The lowest BCUT2D eigenvalue weighted by atomic mass is 10.1. The zero-order chi connectivity index (χ0) is 53.9. The van der Waals surface area contributed by atoms with Gasteiger partial charge in [-0.15, -0.1) is 22.7 Å². The number of nitro groups is 2. The number of rotatable bonds is 19. The standard InChI is InChI=1S/C26H30N4O5S2.C24H26N4O7S3/c1-2-4-19-5-3-6-22(17-19)28-21-13-15-29(16-14-21)37(34,35)25-12-11-24(36-25)18-27-26(31)20-7-9-23(10-8-20)30(32)33;1-37(32,33)22-4-2-3-19(15-22)26-18-11-13-27(14-12-18)38(34,35)23-10-9-21(36-23)16-25-24(29)17-5-7-20(8-6-17)28(30)31/h3,5-12,17,21,28H,2,4,13-16,18H2,1H3,(H,27,31);2-10,15,18,26H,11-14,16H2,1H3,(H,25,29). The molecular formula is C50H56N8O12S5. The molecule has 2 aliphatic heterocycles. The molecule has 398 valence electrons. The largest absolute Gasteiger partial charge is 0.382 e. The molecule has 20 nitrogen and oxygen atoms in total. The van der Waals surface area contributed by atoms with Crippen LogP contribution in [0.3, 0.4) is 0 Å². The number of benzene rings is 4. The number of non-ortho nitro benzene ring substituents is 2. The molecule has 75 heavy (non-hydrogen) atoms. The van der Waals surface area contributed by atoms with Crippen molar-refractivity contribution in [1.82, 2.24) is 19.2 Å². The van der Waals surface area contributed by atoms with E-state index in [1.54, 1.807) is 36.4 Å². The number of thiophene rings is 2. The summed E-state index contributed by atoms with van der Waals surface area (Å²) >= 11 is 2.22. The molecule has 4 N–H and O–H groups in total. The first kappa shape index (κ1) is 56.1. The fraction of sp³-hybridized carbons (Fsp3) is 0.320. The SMILES string of the molecule is CCCc1cccc(NC2CCN(S(=O)(=O)c3ccc(CNC(=O)c4ccc([N+](=O)[O-])cc4)s3)CC2)c1.CS(=O)(=O)c1cccc(NC2CCN(S(=O)(=O)c3ccc(CNC(=O)c4ccc([N+](=O)[O-])cc4)s3)CC2)c1. The average Bonchev–Trinajstić information content (AvgIpc) is 4.10. The third-order valence-corrected chi connectivity index (χ3v) is 20.4. The van der Waals surface area contributed by atoms with Gasteiger partial charge in [0.2, 0.25) is 0 Å². The van der Waals surface area contributed by atoms with Crippen molar-refractivity contribution in [2.45, 2.75) is 83.9 Å². The van der Waals surface area contributed by atoms with E-state index < -0.39 is 45.6 Å². The van der Waals surface area contributed by atoms with Crippen LogP contribution >= 0.6 is 22.7 Å². The second-order valence-electron chi connectivity index (χ2n) is 17.8. The molecule has 0 bridgehead atoms. The Kier molecular flexibility index (Phi) is 18.6. The van der Waals surface area contributed by atoms with Crippen molar-refractivity contribution in [2.75, 3.05) is 43.1 Å². The molecule has 0 saturated carbocycles. The zero-order valence-electron chi connectivity index (χ0n) is 40.9. The van der Waals surface area contributed by atoms with Crippen molar-refractivity contribution >= 4 is 87.1 Å². The first-order chi connectivity index (χ1) is 35.7. The van der Waals surface area contributed by atoms with Crippen LogP contribution in [-0.4, -0.2) is 100 Å². The van der Waals surface area contributed by atoms with Crippen molar-refractivity contribution in [3.8, 4) is 0 Å². The van der Waals surface area contributed by atoms with E-state index in [-0.39, 0.29) is 61.3 Å². The van der Waals surface area contributed by atoms with Crippen LogP contribution in [0.25, 0.3) is 0 Å². The monoisotopic (exact) mass is 1120 g/mol. The second-order valence-corrected chi connectivity index (χ2v) is 26.5. The second kappa shape index (κ2) is 24.8. The summed E-state index contributed by atoms with van der Waals surface area (Å²) < 4.78 is 79.8. The van der Waals surface area contributed by atoms with Crippen molar-refractivity contribution < 1.29 is 44.7 Å². The van der Waals surface area contributed by atoms with E-state index in [0.717, 1.165) is 60.3 Å². The third-order valence-electron chi connectivity index (χ3n) is 12.4. The van der Waals surface area contributed by atoms with E-state index in [1.165, 1.54) is 74.8 Å². The highest BCUT2D eigenvalue weighted by Gasteiger charge is 2.32. The van der Waals surface area contributed by atoms with Crippen molar-refractivity contribution in [3.63, 3.8) is 0 Å². The van der Waals surface area contributed by atoms with Gasteiger partial charge >= 0.3 is 0 Å². The molecule has 4 aromatic carbocycles. The molecule has 0 radical (unpaired) electrons. The van der Waals surface area contributed by atoms with Crippen LogP contribution < -0.4 is 21.3 Å². The predicted octanol–water partition coefficient (Wildman–Crippen LogP) is 8.06. The minimum atomic E-state index is -3.70. The van der Waals surface area contributed by atoms with E-state index in [4.69, 9.17) is 0 Å².